The maximum absolute atomic E-state index is 13.2. The molecule has 8 heteroatoms. The van der Waals surface area contributed by atoms with E-state index in [2.05, 4.69) is 10.6 Å². The number of carbonyl (C=O) groups excluding carboxylic acids is 2. The lowest BCUT2D eigenvalue weighted by Crippen LogP contribution is -2.53. The molecule has 0 radical (unpaired) electrons. The number of sulfonamides is 1. The number of amides is 2. The van der Waals surface area contributed by atoms with Gasteiger partial charge in [-0.25, -0.2) is 8.42 Å². The van der Waals surface area contributed by atoms with E-state index in [1.54, 1.807) is 12.1 Å². The van der Waals surface area contributed by atoms with E-state index in [1.165, 1.54) is 11.2 Å². The summed E-state index contributed by atoms with van der Waals surface area (Å²) < 4.78 is 27.9. The summed E-state index contributed by atoms with van der Waals surface area (Å²) in [6.45, 7) is 4.03. The average Bonchev–Trinajstić information content (AvgIpc) is 2.84. The number of rotatable bonds is 7. The van der Waals surface area contributed by atoms with Crippen molar-refractivity contribution in [1.29, 1.82) is 0 Å². The lowest BCUT2D eigenvalue weighted by molar-refractivity contribution is -0.128. The number of nitrogens with one attached hydrogen (secondary N) is 2. The fourth-order valence-corrected chi connectivity index (χ4v) is 5.94. The van der Waals surface area contributed by atoms with Crippen LogP contribution in [-0.4, -0.2) is 49.7 Å². The minimum atomic E-state index is -3.62. The molecule has 0 unspecified atom stereocenters. The first kappa shape index (κ1) is 24.9. The van der Waals surface area contributed by atoms with Crippen LogP contribution in [0.2, 0.25) is 0 Å². The van der Waals surface area contributed by atoms with Gasteiger partial charge in [-0.05, 0) is 48.2 Å². The molecule has 1 aliphatic rings. The number of piperidine rings is 1. The zero-order valence-corrected chi connectivity index (χ0v) is 20.8. The normalized spacial score (nSPS) is 16.1. The monoisotopic (exact) mass is 493 g/mol. The molecule has 0 saturated carbocycles. The number of nitrogens with zero attached hydrogens (tertiary/aromatic N) is 1. The molecule has 3 aromatic rings. The standard InChI is InChI=1S/C27H31N3O4S/c1-19-7-9-21(10-8-19)17-26(28-20(2)31)27(32)29-24-13-15-30(16-14-24)35(33,34)25-12-11-22-5-3-4-6-23(22)18-25/h3-12,18,24,26H,13-17H2,1-2H3,(H,28,31)(H,29,32)/t26-/m1/s1. The number of fused-ring (bicyclic) bond motifs is 1. The molecule has 184 valence electrons. The first-order chi connectivity index (χ1) is 16.7. The zero-order chi connectivity index (χ0) is 25.0. The molecule has 0 bridgehead atoms. The molecular formula is C27H31N3O4S. The van der Waals surface area contributed by atoms with Crippen LogP contribution in [0, 0.1) is 6.92 Å². The van der Waals surface area contributed by atoms with Crippen LogP contribution in [0.1, 0.15) is 30.9 Å². The van der Waals surface area contributed by atoms with Gasteiger partial charge in [-0.3, -0.25) is 9.59 Å². The number of hydrogen-bond acceptors (Lipinski definition) is 4. The predicted octanol–water partition coefficient (Wildman–Crippen LogP) is 3.16. The highest BCUT2D eigenvalue weighted by Gasteiger charge is 2.31. The highest BCUT2D eigenvalue weighted by Crippen LogP contribution is 2.24. The molecule has 4 rings (SSSR count). The first-order valence-electron chi connectivity index (χ1n) is 11.8. The van der Waals surface area contributed by atoms with Crippen molar-refractivity contribution in [3.05, 3.63) is 77.9 Å². The maximum atomic E-state index is 13.2. The molecule has 2 N–H and O–H groups in total. The second-order valence-electron chi connectivity index (χ2n) is 9.14. The summed E-state index contributed by atoms with van der Waals surface area (Å²) in [4.78, 5) is 25.0. The Labute approximate surface area is 206 Å². The van der Waals surface area contributed by atoms with Crippen molar-refractivity contribution in [1.82, 2.24) is 14.9 Å². The average molecular weight is 494 g/mol. The quantitative estimate of drug-likeness (QED) is 0.529. The van der Waals surface area contributed by atoms with E-state index < -0.39 is 16.1 Å². The number of aryl methyl sites for hydroxylation is 1. The molecule has 1 saturated heterocycles. The van der Waals surface area contributed by atoms with Crippen molar-refractivity contribution < 1.29 is 18.0 Å². The molecule has 1 aliphatic heterocycles. The van der Waals surface area contributed by atoms with E-state index in [9.17, 15) is 18.0 Å². The van der Waals surface area contributed by atoms with E-state index >= 15 is 0 Å². The van der Waals surface area contributed by atoms with Gasteiger partial charge in [0.1, 0.15) is 6.04 Å². The van der Waals surface area contributed by atoms with Crippen LogP contribution >= 0.6 is 0 Å². The molecule has 7 nitrogen and oxygen atoms in total. The van der Waals surface area contributed by atoms with E-state index in [1.807, 2.05) is 61.5 Å². The lowest BCUT2D eigenvalue weighted by Gasteiger charge is -2.32. The van der Waals surface area contributed by atoms with Crippen molar-refractivity contribution in [2.24, 2.45) is 0 Å². The van der Waals surface area contributed by atoms with E-state index in [0.29, 0.717) is 32.4 Å². The van der Waals surface area contributed by atoms with Crippen LogP contribution in [-0.2, 0) is 26.0 Å². The summed E-state index contributed by atoms with van der Waals surface area (Å²) in [5.74, 6) is -0.523. The fraction of sp³-hybridized carbons (Fsp3) is 0.333. The second-order valence-corrected chi connectivity index (χ2v) is 11.1. The Hall–Kier alpha value is -3.23. The maximum Gasteiger partial charge on any atom is 0.243 e. The first-order valence-corrected chi connectivity index (χ1v) is 13.3. The van der Waals surface area contributed by atoms with Crippen molar-refractivity contribution in [3.8, 4) is 0 Å². The smallest absolute Gasteiger partial charge is 0.243 e. The van der Waals surface area contributed by atoms with E-state index in [-0.39, 0.29) is 22.8 Å². The zero-order valence-electron chi connectivity index (χ0n) is 20.0. The van der Waals surface area contributed by atoms with Crippen molar-refractivity contribution in [2.75, 3.05) is 13.1 Å². The van der Waals surface area contributed by atoms with Gasteiger partial charge in [0.2, 0.25) is 21.8 Å². The summed E-state index contributed by atoms with van der Waals surface area (Å²) in [7, 11) is -3.62. The molecule has 3 aromatic carbocycles. The molecule has 2 amide bonds. The van der Waals surface area contributed by atoms with E-state index in [4.69, 9.17) is 0 Å². The fourth-order valence-electron chi connectivity index (χ4n) is 4.43. The molecule has 35 heavy (non-hydrogen) atoms. The van der Waals surface area contributed by atoms with Gasteiger partial charge >= 0.3 is 0 Å². The molecule has 1 heterocycles. The third-order valence-electron chi connectivity index (χ3n) is 6.41. The van der Waals surface area contributed by atoms with Gasteiger partial charge in [-0.1, -0.05) is 60.2 Å². The molecule has 0 aromatic heterocycles. The number of carbonyl (C=O) groups is 2. The largest absolute Gasteiger partial charge is 0.351 e. The molecular weight excluding hydrogens is 462 g/mol. The second kappa shape index (κ2) is 10.6. The summed E-state index contributed by atoms with van der Waals surface area (Å²) in [6, 6.07) is 19.9. The third kappa shape index (κ3) is 6.07. The minimum Gasteiger partial charge on any atom is -0.351 e. The van der Waals surface area contributed by atoms with Gasteiger partial charge in [0, 0.05) is 32.5 Å². The molecule has 1 atom stereocenters. The van der Waals surface area contributed by atoms with Gasteiger partial charge in [0.25, 0.3) is 0 Å². The van der Waals surface area contributed by atoms with Crippen molar-refractivity contribution in [3.63, 3.8) is 0 Å². The highest BCUT2D eigenvalue weighted by molar-refractivity contribution is 7.89. The van der Waals surface area contributed by atoms with E-state index in [0.717, 1.165) is 21.9 Å². The summed E-state index contributed by atoms with van der Waals surface area (Å²) in [6.07, 6.45) is 1.41. The summed E-state index contributed by atoms with van der Waals surface area (Å²) in [5.41, 5.74) is 2.08. The van der Waals surface area contributed by atoms with Crippen molar-refractivity contribution in [2.45, 2.75) is 50.1 Å². The van der Waals surface area contributed by atoms with Crippen LogP contribution in [0.25, 0.3) is 10.8 Å². The van der Waals surface area contributed by atoms with Gasteiger partial charge in [-0.15, -0.1) is 0 Å². The minimum absolute atomic E-state index is 0.153. The molecule has 1 fully saturated rings. The Morgan fingerprint density at radius 2 is 1.63 bits per heavy atom. The topological polar surface area (TPSA) is 95.6 Å². The Morgan fingerprint density at radius 1 is 0.971 bits per heavy atom. The van der Waals surface area contributed by atoms with Crippen LogP contribution < -0.4 is 10.6 Å². The Bertz CT molecular complexity index is 1310. The summed E-state index contributed by atoms with van der Waals surface area (Å²) >= 11 is 0. The van der Waals surface area contributed by atoms with Gasteiger partial charge in [-0.2, -0.15) is 4.31 Å². The van der Waals surface area contributed by atoms with Crippen LogP contribution in [0.4, 0.5) is 0 Å². The third-order valence-corrected chi connectivity index (χ3v) is 8.31. The van der Waals surface area contributed by atoms with Crippen LogP contribution in [0.3, 0.4) is 0 Å². The highest BCUT2D eigenvalue weighted by atomic mass is 32.2. The van der Waals surface area contributed by atoms with Gasteiger partial charge < -0.3 is 10.6 Å². The lowest BCUT2D eigenvalue weighted by atomic mass is 10.0. The molecule has 0 aliphatic carbocycles. The SMILES string of the molecule is CC(=O)N[C@H](Cc1ccc(C)cc1)C(=O)NC1CCN(S(=O)(=O)c2ccc3ccccc3c2)CC1. The van der Waals surface area contributed by atoms with Gasteiger partial charge in [0.05, 0.1) is 4.90 Å². The van der Waals surface area contributed by atoms with Crippen LogP contribution in [0.5, 0.6) is 0 Å². The number of hydrogen-bond donors (Lipinski definition) is 2. The van der Waals surface area contributed by atoms with Crippen molar-refractivity contribution >= 4 is 32.6 Å². The van der Waals surface area contributed by atoms with Crippen LogP contribution in [0.15, 0.2) is 71.6 Å². The Morgan fingerprint density at radius 3 is 2.29 bits per heavy atom. The molecule has 0 spiro atoms. The predicted molar refractivity (Wildman–Crippen MR) is 136 cm³/mol. The number of benzene rings is 3. The summed E-state index contributed by atoms with van der Waals surface area (Å²) in [5, 5.41) is 7.64. The Balaban J connectivity index is 1.38. The van der Waals surface area contributed by atoms with Gasteiger partial charge in [0.15, 0.2) is 0 Å². The Kier molecular flexibility index (Phi) is 7.52.